The number of hydrogen-bond donors (Lipinski definition) is 0. The Hall–Kier alpha value is -3.34. The molecule has 1 saturated heterocycles. The Balaban J connectivity index is 1.39. The maximum Gasteiger partial charge on any atom is 0.413 e. The Bertz CT molecular complexity index is 1360. The first kappa shape index (κ1) is 26.3. The molecular formula is C26H28ClF3N6O2. The molecule has 2 atom stereocenters. The van der Waals surface area contributed by atoms with Crippen LogP contribution in [0.5, 0.6) is 0 Å². The van der Waals surface area contributed by atoms with Crippen LogP contribution in [0.2, 0.25) is 5.15 Å². The van der Waals surface area contributed by atoms with Gasteiger partial charge in [-0.05, 0) is 37.0 Å². The van der Waals surface area contributed by atoms with Gasteiger partial charge in [-0.25, -0.2) is 9.50 Å². The largest absolute Gasteiger partial charge is 0.413 e. The molecule has 8 nitrogen and oxygen atoms in total. The quantitative estimate of drug-likeness (QED) is 0.458. The molecule has 1 fully saturated rings. The number of halogens is 4. The minimum Gasteiger partial charge on any atom is -0.342 e. The summed E-state index contributed by atoms with van der Waals surface area (Å²) in [6.07, 6.45) is -0.688. The lowest BCUT2D eigenvalue weighted by Gasteiger charge is -2.33. The monoisotopic (exact) mass is 548 g/mol. The average Bonchev–Trinajstić information content (AvgIpc) is 3.54. The molecule has 2 aliphatic rings. The van der Waals surface area contributed by atoms with Gasteiger partial charge in [0.2, 0.25) is 11.8 Å². The van der Waals surface area contributed by atoms with Gasteiger partial charge in [0.05, 0.1) is 23.5 Å². The number of hydrogen-bond acceptors (Lipinski definition) is 5. The second kappa shape index (κ2) is 10.1. The second-order valence-corrected chi connectivity index (χ2v) is 10.1. The number of aryl methyl sites for hydroxylation is 1. The van der Waals surface area contributed by atoms with E-state index >= 15 is 0 Å². The SMILES string of the molecule is CCC(=O)N1CC[C@@H](C(=O)N(C)[C@@H](c2ccc(N3CCCc4c3cnc3cc(Cl)nn43)cc2)C(F)(F)F)C1. The Morgan fingerprint density at radius 1 is 1.21 bits per heavy atom. The van der Waals surface area contributed by atoms with E-state index in [2.05, 4.69) is 10.1 Å². The number of amides is 2. The highest BCUT2D eigenvalue weighted by Gasteiger charge is 2.47. The average molecular weight is 549 g/mol. The summed E-state index contributed by atoms with van der Waals surface area (Å²) in [6, 6.07) is 5.70. The van der Waals surface area contributed by atoms with E-state index in [-0.39, 0.29) is 18.0 Å². The smallest absolute Gasteiger partial charge is 0.342 e. The predicted octanol–water partition coefficient (Wildman–Crippen LogP) is 4.79. The molecule has 0 spiro atoms. The zero-order valence-corrected chi connectivity index (χ0v) is 21.8. The highest BCUT2D eigenvalue weighted by Crippen LogP contribution is 2.40. The van der Waals surface area contributed by atoms with E-state index < -0.39 is 24.0 Å². The summed E-state index contributed by atoms with van der Waals surface area (Å²) in [5, 5.41) is 4.65. The highest BCUT2D eigenvalue weighted by molar-refractivity contribution is 6.29. The van der Waals surface area contributed by atoms with Crippen LogP contribution in [0.1, 0.15) is 43.5 Å². The number of alkyl halides is 3. The number of carbonyl (C=O) groups excluding carboxylic acids is 2. The van der Waals surface area contributed by atoms with Gasteiger partial charge in [0.25, 0.3) is 0 Å². The van der Waals surface area contributed by atoms with Crippen LogP contribution in [0.25, 0.3) is 5.65 Å². The number of rotatable bonds is 5. The summed E-state index contributed by atoms with van der Waals surface area (Å²) in [5.74, 6) is -1.36. The van der Waals surface area contributed by atoms with Gasteiger partial charge in [0.1, 0.15) is 0 Å². The third kappa shape index (κ3) is 4.79. The molecule has 0 bridgehead atoms. The third-order valence-electron chi connectivity index (χ3n) is 7.38. The molecule has 1 aromatic carbocycles. The number of fused-ring (bicyclic) bond motifs is 3. The Kier molecular flexibility index (Phi) is 6.97. The van der Waals surface area contributed by atoms with Gasteiger partial charge in [-0.15, -0.1) is 0 Å². The first-order valence-electron chi connectivity index (χ1n) is 12.6. The summed E-state index contributed by atoms with van der Waals surface area (Å²) < 4.78 is 44.5. The lowest BCUT2D eigenvalue weighted by molar-refractivity contribution is -0.190. The maximum atomic E-state index is 14.3. The van der Waals surface area contributed by atoms with Crippen LogP contribution in [-0.2, 0) is 16.0 Å². The molecular weight excluding hydrogens is 521 g/mol. The van der Waals surface area contributed by atoms with Gasteiger partial charge in [0.15, 0.2) is 16.8 Å². The number of carbonyl (C=O) groups is 2. The van der Waals surface area contributed by atoms with E-state index in [0.29, 0.717) is 42.4 Å². The van der Waals surface area contributed by atoms with E-state index in [9.17, 15) is 22.8 Å². The number of benzene rings is 1. The summed E-state index contributed by atoms with van der Waals surface area (Å²) in [7, 11) is 1.19. The van der Waals surface area contributed by atoms with Crippen LogP contribution in [0.3, 0.4) is 0 Å². The van der Waals surface area contributed by atoms with Crippen LogP contribution < -0.4 is 4.90 Å². The summed E-state index contributed by atoms with van der Waals surface area (Å²) in [6.45, 7) is 2.92. The zero-order chi connectivity index (χ0) is 27.2. The Morgan fingerprint density at radius 2 is 1.95 bits per heavy atom. The topological polar surface area (TPSA) is 74.1 Å². The normalized spacial score (nSPS) is 18.5. The molecule has 0 radical (unpaired) electrons. The molecule has 2 amide bonds. The van der Waals surface area contributed by atoms with Crippen molar-refractivity contribution < 1.29 is 22.8 Å². The van der Waals surface area contributed by atoms with Crippen LogP contribution in [-0.4, -0.2) is 69.1 Å². The van der Waals surface area contributed by atoms with Crippen LogP contribution in [0, 0.1) is 5.92 Å². The van der Waals surface area contributed by atoms with Crippen LogP contribution in [0.15, 0.2) is 36.5 Å². The fourth-order valence-corrected chi connectivity index (χ4v) is 5.67. The highest BCUT2D eigenvalue weighted by atomic mass is 35.5. The van der Waals surface area contributed by atoms with Crippen molar-refractivity contribution in [2.24, 2.45) is 5.92 Å². The minimum absolute atomic E-state index is 0.0266. The number of anilines is 2. The third-order valence-corrected chi connectivity index (χ3v) is 7.56. The molecule has 4 heterocycles. The Labute approximate surface area is 223 Å². The van der Waals surface area contributed by atoms with Gasteiger partial charge in [0, 0.05) is 44.9 Å². The van der Waals surface area contributed by atoms with Crippen molar-refractivity contribution >= 4 is 40.4 Å². The van der Waals surface area contributed by atoms with E-state index in [1.165, 1.54) is 19.2 Å². The summed E-state index contributed by atoms with van der Waals surface area (Å²) in [5.41, 5.74) is 3.08. The summed E-state index contributed by atoms with van der Waals surface area (Å²) >= 11 is 6.06. The number of nitrogens with zero attached hydrogens (tertiary/aromatic N) is 6. The minimum atomic E-state index is -4.67. The van der Waals surface area contributed by atoms with Gasteiger partial charge < -0.3 is 14.7 Å². The van der Waals surface area contributed by atoms with E-state index in [0.717, 1.165) is 29.1 Å². The van der Waals surface area contributed by atoms with Gasteiger partial charge in [-0.2, -0.15) is 18.3 Å². The van der Waals surface area contributed by atoms with Gasteiger partial charge >= 0.3 is 6.18 Å². The van der Waals surface area contributed by atoms with Crippen molar-refractivity contribution in [1.82, 2.24) is 24.4 Å². The van der Waals surface area contributed by atoms with Crippen molar-refractivity contribution in [3.8, 4) is 0 Å². The number of likely N-dealkylation sites (tertiary alicyclic amines) is 1. The van der Waals surface area contributed by atoms with E-state index in [4.69, 9.17) is 11.6 Å². The van der Waals surface area contributed by atoms with Crippen molar-refractivity contribution in [2.45, 2.75) is 44.8 Å². The molecule has 0 unspecified atom stereocenters. The lowest BCUT2D eigenvalue weighted by Crippen LogP contribution is -2.43. The standard InChI is InChI=1S/C26H28ClF3N6O2/c1-3-23(37)34-12-10-17(15-34)25(38)33(2)24(26(28,29)30)16-6-8-18(9-7-16)35-11-4-5-19-20(35)14-31-22-13-21(27)32-36(19)22/h6-9,13-14,17,24H,3-5,10-12,15H2,1-2H3/t17-,24+/m1/s1. The first-order valence-corrected chi connectivity index (χ1v) is 13.0. The molecule has 3 aromatic rings. The predicted molar refractivity (Wildman–Crippen MR) is 136 cm³/mol. The van der Waals surface area contributed by atoms with Crippen LogP contribution >= 0.6 is 11.6 Å². The molecule has 2 aromatic heterocycles. The maximum absolute atomic E-state index is 14.3. The van der Waals surface area contributed by atoms with Crippen LogP contribution in [0.4, 0.5) is 24.5 Å². The van der Waals surface area contributed by atoms with Gasteiger partial charge in [-0.1, -0.05) is 30.7 Å². The molecule has 12 heteroatoms. The first-order chi connectivity index (χ1) is 18.1. The fraction of sp³-hybridized carbons (Fsp3) is 0.462. The molecule has 5 rings (SSSR count). The van der Waals surface area contributed by atoms with Crippen molar-refractivity contribution in [3.63, 3.8) is 0 Å². The zero-order valence-electron chi connectivity index (χ0n) is 21.1. The lowest BCUT2D eigenvalue weighted by atomic mass is 10.0. The molecule has 0 N–H and O–H groups in total. The van der Waals surface area contributed by atoms with Crippen molar-refractivity contribution in [1.29, 1.82) is 0 Å². The van der Waals surface area contributed by atoms with E-state index in [1.54, 1.807) is 40.7 Å². The fourth-order valence-electron chi connectivity index (χ4n) is 5.49. The van der Waals surface area contributed by atoms with Crippen molar-refractivity contribution in [3.05, 3.63) is 52.9 Å². The summed E-state index contributed by atoms with van der Waals surface area (Å²) in [4.78, 5) is 33.8. The van der Waals surface area contributed by atoms with Crippen molar-refractivity contribution in [2.75, 3.05) is 31.6 Å². The molecule has 0 aliphatic carbocycles. The number of aromatic nitrogens is 3. The molecule has 38 heavy (non-hydrogen) atoms. The molecule has 2 aliphatic heterocycles. The van der Waals surface area contributed by atoms with E-state index in [1.807, 2.05) is 4.90 Å². The Morgan fingerprint density at radius 3 is 2.63 bits per heavy atom. The van der Waals surface area contributed by atoms with Gasteiger partial charge in [-0.3, -0.25) is 9.59 Å². The molecule has 0 saturated carbocycles. The molecule has 202 valence electrons. The second-order valence-electron chi connectivity index (χ2n) is 9.75.